The third-order valence-corrected chi connectivity index (χ3v) is 17.2. The van der Waals surface area contributed by atoms with E-state index in [1.54, 1.807) is 0 Å². The molecule has 78 heavy (non-hydrogen) atoms. The SMILES string of the molecule is c1ccc2c(c1)Oc1ccccc1C21c2ccccc2-c2ccc(-c3ccccc3N(c3ccc(-c4ccc5oc6ccccc6c5c4)cc3)c3cccc4c3-c3ccccc3C43c4ccccc4Oc4ccccc43)cc21. The number of benzene rings is 12. The highest BCUT2D eigenvalue weighted by Gasteiger charge is 2.53. The first-order valence-electron chi connectivity index (χ1n) is 26.8. The molecule has 3 heterocycles. The van der Waals surface area contributed by atoms with E-state index in [4.69, 9.17) is 13.9 Å². The summed E-state index contributed by atoms with van der Waals surface area (Å²) in [6.45, 7) is 0. The van der Waals surface area contributed by atoms with E-state index in [1.165, 1.54) is 44.5 Å². The largest absolute Gasteiger partial charge is 0.457 e. The predicted molar refractivity (Wildman–Crippen MR) is 314 cm³/mol. The van der Waals surface area contributed by atoms with Crippen LogP contribution in [0, 0.1) is 0 Å². The molecule has 1 aromatic heterocycles. The van der Waals surface area contributed by atoms with E-state index < -0.39 is 10.8 Å². The van der Waals surface area contributed by atoms with Crippen LogP contribution in [0.15, 0.2) is 277 Å². The van der Waals surface area contributed by atoms with Gasteiger partial charge >= 0.3 is 0 Å². The fourth-order valence-corrected chi connectivity index (χ4v) is 14.1. The summed E-state index contributed by atoms with van der Waals surface area (Å²) < 4.78 is 19.8. The Bertz CT molecular complexity index is 4570. The summed E-state index contributed by atoms with van der Waals surface area (Å²) in [4.78, 5) is 2.51. The van der Waals surface area contributed by atoms with Crippen LogP contribution in [0.25, 0.3) is 66.4 Å². The van der Waals surface area contributed by atoms with Gasteiger partial charge in [-0.1, -0.05) is 200 Å². The van der Waals surface area contributed by atoms with Crippen LogP contribution in [0.2, 0.25) is 0 Å². The van der Waals surface area contributed by atoms with Crippen molar-refractivity contribution in [3.05, 3.63) is 317 Å². The number of anilines is 3. The average Bonchev–Trinajstić information content (AvgIpc) is 4.30. The van der Waals surface area contributed by atoms with Gasteiger partial charge < -0.3 is 18.8 Å². The summed E-state index contributed by atoms with van der Waals surface area (Å²) >= 11 is 0. The van der Waals surface area contributed by atoms with Gasteiger partial charge in [0.1, 0.15) is 34.2 Å². The minimum absolute atomic E-state index is 0.613. The molecular weight excluding hydrogens is 951 g/mol. The Hall–Kier alpha value is -10.2. The molecule has 4 aliphatic rings. The first-order valence-corrected chi connectivity index (χ1v) is 26.8. The van der Waals surface area contributed by atoms with Crippen LogP contribution < -0.4 is 14.4 Å². The van der Waals surface area contributed by atoms with Crippen LogP contribution in [0.4, 0.5) is 17.1 Å². The molecule has 4 heteroatoms. The highest BCUT2D eigenvalue weighted by Crippen LogP contribution is 2.66. The van der Waals surface area contributed by atoms with Crippen LogP contribution in [-0.4, -0.2) is 0 Å². The topological polar surface area (TPSA) is 34.8 Å². The van der Waals surface area contributed by atoms with E-state index in [-0.39, 0.29) is 0 Å². The summed E-state index contributed by atoms with van der Waals surface area (Å²) in [6.07, 6.45) is 0. The van der Waals surface area contributed by atoms with E-state index in [0.717, 1.165) is 107 Å². The summed E-state index contributed by atoms with van der Waals surface area (Å²) in [5.74, 6) is 3.50. The van der Waals surface area contributed by atoms with Gasteiger partial charge in [0.05, 0.1) is 22.2 Å². The Labute approximate surface area is 451 Å². The molecule has 0 atom stereocenters. The standard InChI is InChI=1S/C74H45NO3/c1-5-22-56-51(19-1)52-42-38-48(45-63(52)74(56)60-26-9-15-34-70(60)78-71-35-16-10-27-61(71)74)50-18-3-11-29-64(50)75(49-40-36-46(37-41-49)47-39-43-67-55(44-47)53-20-4-12-31-66(53)76-67)65-30-17-28-62-72(65)54-21-2-6-23-57(54)73(62)58-24-7-13-32-68(58)77-69-33-14-8-25-59(69)73/h1-45H. The number of furan rings is 1. The average molecular weight is 996 g/mol. The van der Waals surface area contributed by atoms with Gasteiger partial charge in [-0.15, -0.1) is 0 Å². The molecule has 13 aromatic rings. The maximum atomic E-state index is 6.77. The number of fused-ring (bicyclic) bond motifs is 21. The Morgan fingerprint density at radius 1 is 0.269 bits per heavy atom. The predicted octanol–water partition coefficient (Wildman–Crippen LogP) is 19.3. The van der Waals surface area contributed by atoms with Crippen molar-refractivity contribution in [1.29, 1.82) is 0 Å². The molecule has 17 rings (SSSR count). The van der Waals surface area contributed by atoms with Crippen LogP contribution in [0.3, 0.4) is 0 Å². The van der Waals surface area contributed by atoms with Gasteiger partial charge in [0.15, 0.2) is 0 Å². The molecule has 364 valence electrons. The lowest BCUT2D eigenvalue weighted by atomic mass is 9.66. The highest BCUT2D eigenvalue weighted by atomic mass is 16.5. The number of hydrogen-bond donors (Lipinski definition) is 0. The van der Waals surface area contributed by atoms with Crippen LogP contribution in [0.5, 0.6) is 23.0 Å². The summed E-state index contributed by atoms with van der Waals surface area (Å²) in [7, 11) is 0. The first kappa shape index (κ1) is 43.1. The van der Waals surface area contributed by atoms with Gasteiger partial charge in [-0.05, 0) is 128 Å². The Morgan fingerprint density at radius 2 is 0.731 bits per heavy atom. The Kier molecular flexibility index (Phi) is 8.94. The van der Waals surface area contributed by atoms with E-state index in [0.29, 0.717) is 0 Å². The van der Waals surface area contributed by atoms with Crippen molar-refractivity contribution in [2.45, 2.75) is 10.8 Å². The fourth-order valence-electron chi connectivity index (χ4n) is 14.1. The number of rotatable bonds is 5. The van der Waals surface area contributed by atoms with Crippen molar-refractivity contribution in [3.63, 3.8) is 0 Å². The second kappa shape index (κ2) is 16.2. The second-order valence-corrected chi connectivity index (χ2v) is 20.9. The molecule has 4 nitrogen and oxygen atoms in total. The molecule has 0 amide bonds. The molecule has 0 radical (unpaired) electrons. The third kappa shape index (κ3) is 5.73. The maximum Gasteiger partial charge on any atom is 0.135 e. The molecule has 2 aliphatic carbocycles. The van der Waals surface area contributed by atoms with Crippen molar-refractivity contribution in [1.82, 2.24) is 0 Å². The van der Waals surface area contributed by atoms with Crippen molar-refractivity contribution < 1.29 is 13.9 Å². The lowest BCUT2D eigenvalue weighted by Crippen LogP contribution is -2.32. The molecule has 0 saturated heterocycles. The van der Waals surface area contributed by atoms with Crippen molar-refractivity contribution in [3.8, 4) is 67.5 Å². The normalized spacial score (nSPS) is 14.1. The van der Waals surface area contributed by atoms with Gasteiger partial charge in [-0.25, -0.2) is 0 Å². The Morgan fingerprint density at radius 3 is 1.40 bits per heavy atom. The minimum Gasteiger partial charge on any atom is -0.457 e. The number of nitrogens with zero attached hydrogens (tertiary/aromatic N) is 1. The van der Waals surface area contributed by atoms with E-state index in [9.17, 15) is 0 Å². The minimum atomic E-state index is -0.641. The van der Waals surface area contributed by atoms with Crippen LogP contribution in [-0.2, 0) is 10.8 Å². The van der Waals surface area contributed by atoms with E-state index in [2.05, 4.69) is 266 Å². The molecule has 12 aromatic carbocycles. The zero-order valence-corrected chi connectivity index (χ0v) is 42.2. The van der Waals surface area contributed by atoms with Crippen LogP contribution >= 0.6 is 0 Å². The van der Waals surface area contributed by atoms with Gasteiger partial charge in [0.25, 0.3) is 0 Å². The van der Waals surface area contributed by atoms with Gasteiger partial charge in [0, 0.05) is 49.8 Å². The van der Waals surface area contributed by atoms with Gasteiger partial charge in [-0.2, -0.15) is 0 Å². The first-order chi connectivity index (χ1) is 38.7. The molecule has 2 spiro atoms. The molecule has 0 saturated carbocycles. The molecule has 0 unspecified atom stereocenters. The van der Waals surface area contributed by atoms with Crippen LogP contribution in [0.1, 0.15) is 44.5 Å². The monoisotopic (exact) mass is 995 g/mol. The zero-order chi connectivity index (χ0) is 51.1. The molecule has 0 bridgehead atoms. The van der Waals surface area contributed by atoms with E-state index >= 15 is 0 Å². The van der Waals surface area contributed by atoms with Crippen molar-refractivity contribution >= 4 is 39.0 Å². The summed E-state index contributed by atoms with van der Waals surface area (Å²) in [5, 5.41) is 2.23. The Balaban J connectivity index is 0.910. The van der Waals surface area contributed by atoms with Crippen molar-refractivity contribution in [2.24, 2.45) is 0 Å². The zero-order valence-electron chi connectivity index (χ0n) is 42.2. The quantitative estimate of drug-likeness (QED) is 0.172. The molecular formula is C74H45NO3. The highest BCUT2D eigenvalue weighted by molar-refractivity contribution is 6.07. The second-order valence-electron chi connectivity index (χ2n) is 20.9. The van der Waals surface area contributed by atoms with Gasteiger partial charge in [0.2, 0.25) is 0 Å². The number of para-hydroxylation sites is 6. The molecule has 0 fully saturated rings. The summed E-state index contributed by atoms with van der Waals surface area (Å²) in [5.41, 5.74) is 22.6. The third-order valence-electron chi connectivity index (χ3n) is 17.2. The fraction of sp³-hybridized carbons (Fsp3) is 0.0270. The smallest absolute Gasteiger partial charge is 0.135 e. The van der Waals surface area contributed by atoms with Gasteiger partial charge in [-0.3, -0.25) is 0 Å². The number of hydrogen-bond acceptors (Lipinski definition) is 4. The lowest BCUT2D eigenvalue weighted by molar-refractivity contribution is 0.436. The summed E-state index contributed by atoms with van der Waals surface area (Å²) in [6, 6.07) is 99.4. The molecule has 0 N–H and O–H groups in total. The van der Waals surface area contributed by atoms with Crippen molar-refractivity contribution in [2.75, 3.05) is 4.90 Å². The van der Waals surface area contributed by atoms with E-state index in [1.807, 2.05) is 12.1 Å². The maximum absolute atomic E-state index is 6.77. The number of ether oxygens (including phenoxy) is 2. The lowest BCUT2D eigenvalue weighted by Gasteiger charge is -2.39. The molecule has 2 aliphatic heterocycles.